The molecule has 2 aliphatic rings. The third kappa shape index (κ3) is 5.16. The first-order valence-corrected chi connectivity index (χ1v) is 12.3. The van der Waals surface area contributed by atoms with Crippen molar-refractivity contribution in [3.8, 4) is 0 Å². The summed E-state index contributed by atoms with van der Waals surface area (Å²) >= 11 is 11.9. The Morgan fingerprint density at radius 2 is 1.81 bits per heavy atom. The summed E-state index contributed by atoms with van der Waals surface area (Å²) in [5.41, 5.74) is 0.750. The highest BCUT2D eigenvalue weighted by Gasteiger charge is 2.34. The zero-order valence-corrected chi connectivity index (χ0v) is 20.6. The molecule has 0 bridgehead atoms. The molecule has 1 saturated heterocycles. The molecule has 5 rings (SSSR count). The number of rotatable bonds is 5. The average molecular weight is 532 g/mol. The van der Waals surface area contributed by atoms with Gasteiger partial charge in [0.2, 0.25) is 17.6 Å². The Hall–Kier alpha value is -3.21. The number of furan rings is 1. The first-order valence-electron chi connectivity index (χ1n) is 11.6. The zero-order chi connectivity index (χ0) is 25.2. The van der Waals surface area contributed by atoms with E-state index in [1.165, 1.54) is 18.5 Å². The van der Waals surface area contributed by atoms with E-state index >= 15 is 0 Å². The van der Waals surface area contributed by atoms with Crippen LogP contribution in [0.3, 0.4) is 0 Å². The lowest BCUT2D eigenvalue weighted by Gasteiger charge is -2.38. The third-order valence-electron chi connectivity index (χ3n) is 6.45. The number of carbonyl (C=O) groups excluding carboxylic acids is 3. The van der Waals surface area contributed by atoms with Crippen molar-refractivity contribution in [2.24, 2.45) is 5.92 Å². The van der Waals surface area contributed by atoms with Crippen LogP contribution in [0.1, 0.15) is 36.2 Å². The van der Waals surface area contributed by atoms with Crippen molar-refractivity contribution in [1.29, 1.82) is 0 Å². The maximum absolute atomic E-state index is 13.2. The molecular formula is C24H23Cl2N5O5. The molecule has 3 aromatic heterocycles. The molecule has 4 heterocycles. The number of pyridine rings is 2. The molecular weight excluding hydrogens is 509 g/mol. The number of nitrogens with zero attached hydrogens (tertiary/aromatic N) is 3. The van der Waals surface area contributed by atoms with Gasteiger partial charge in [0.25, 0.3) is 5.91 Å². The van der Waals surface area contributed by atoms with Crippen molar-refractivity contribution in [2.75, 3.05) is 30.4 Å². The molecule has 0 atom stereocenters. The van der Waals surface area contributed by atoms with Gasteiger partial charge >= 0.3 is 0 Å². The smallest absolute Gasteiger partial charge is 0.294 e. The fraction of sp³-hybridized carbons (Fsp3) is 0.375. The number of anilines is 2. The first-order chi connectivity index (χ1) is 17.4. The molecule has 188 valence electrons. The van der Waals surface area contributed by atoms with Crippen LogP contribution < -0.4 is 10.6 Å². The summed E-state index contributed by atoms with van der Waals surface area (Å²) in [7, 11) is 0. The van der Waals surface area contributed by atoms with Crippen LogP contribution in [-0.4, -0.2) is 58.4 Å². The van der Waals surface area contributed by atoms with Gasteiger partial charge in [0.05, 0.1) is 16.7 Å². The predicted molar refractivity (Wildman–Crippen MR) is 133 cm³/mol. The summed E-state index contributed by atoms with van der Waals surface area (Å²) in [4.78, 5) is 48.6. The number of morpholine rings is 1. The van der Waals surface area contributed by atoms with E-state index in [4.69, 9.17) is 32.4 Å². The van der Waals surface area contributed by atoms with Gasteiger partial charge in [-0.2, -0.15) is 0 Å². The Morgan fingerprint density at radius 1 is 1.03 bits per heavy atom. The highest BCUT2D eigenvalue weighted by molar-refractivity contribution is 6.31. The van der Waals surface area contributed by atoms with Crippen molar-refractivity contribution in [2.45, 2.75) is 31.7 Å². The monoisotopic (exact) mass is 531 g/mol. The van der Waals surface area contributed by atoms with Crippen LogP contribution >= 0.6 is 23.2 Å². The molecule has 0 unspecified atom stereocenters. The first kappa shape index (κ1) is 24.5. The molecule has 36 heavy (non-hydrogen) atoms. The summed E-state index contributed by atoms with van der Waals surface area (Å²) < 4.78 is 11.0. The predicted octanol–water partition coefficient (Wildman–Crippen LogP) is 4.14. The molecule has 0 spiro atoms. The number of ether oxygens (including phenoxy) is 1. The van der Waals surface area contributed by atoms with Gasteiger partial charge in [-0.05, 0) is 37.8 Å². The topological polar surface area (TPSA) is 127 Å². The van der Waals surface area contributed by atoms with E-state index in [-0.39, 0.29) is 53.2 Å². The maximum Gasteiger partial charge on any atom is 0.294 e. The maximum atomic E-state index is 13.2. The van der Waals surface area contributed by atoms with Gasteiger partial charge in [-0.3, -0.25) is 14.4 Å². The second-order valence-electron chi connectivity index (χ2n) is 8.76. The van der Waals surface area contributed by atoms with Crippen molar-refractivity contribution < 1.29 is 23.5 Å². The fourth-order valence-corrected chi connectivity index (χ4v) is 4.90. The highest BCUT2D eigenvalue weighted by Crippen LogP contribution is 2.34. The Morgan fingerprint density at radius 3 is 2.53 bits per heavy atom. The standard InChI is InChI=1S/C24H23Cl2N5O5/c25-14-3-6-18(27-10-14)29-24(34)22-21(20-17(36-22)9-15(26)11-28-20)30-23(33)13-1-4-16(5-2-13)31-7-8-35-12-19(31)32/h3,6,9-11,13,16H,1-2,4-5,7-8,12H2,(H,30,33)(H,27,29,34)/t13-,16-. The van der Waals surface area contributed by atoms with Gasteiger partial charge in [-0.15, -0.1) is 0 Å². The SMILES string of the molecule is O=C(Nc1ccc(Cl)cn1)c1oc2cc(Cl)cnc2c1NC(=O)[C@H]1CC[C@H](N2CCOCC2=O)CC1. The summed E-state index contributed by atoms with van der Waals surface area (Å²) in [6.07, 6.45) is 5.50. The van der Waals surface area contributed by atoms with Gasteiger partial charge in [0.15, 0.2) is 5.58 Å². The summed E-state index contributed by atoms with van der Waals surface area (Å²) in [6, 6.07) is 4.78. The molecule has 3 aromatic rings. The number of halogens is 2. The van der Waals surface area contributed by atoms with Crippen molar-refractivity contribution >= 4 is 63.5 Å². The zero-order valence-electron chi connectivity index (χ0n) is 19.1. The minimum Gasteiger partial charge on any atom is -0.447 e. The van der Waals surface area contributed by atoms with E-state index in [0.717, 1.165) is 12.8 Å². The number of amides is 3. The second-order valence-corrected chi connectivity index (χ2v) is 9.63. The van der Waals surface area contributed by atoms with Gasteiger partial charge in [0.1, 0.15) is 23.6 Å². The van der Waals surface area contributed by atoms with E-state index in [1.54, 1.807) is 12.1 Å². The molecule has 0 radical (unpaired) electrons. The van der Waals surface area contributed by atoms with Gasteiger partial charge in [-0.1, -0.05) is 23.2 Å². The molecule has 12 heteroatoms. The van der Waals surface area contributed by atoms with Crippen LogP contribution in [0.15, 0.2) is 35.0 Å². The molecule has 1 aliphatic heterocycles. The van der Waals surface area contributed by atoms with Crippen LogP contribution in [0.2, 0.25) is 10.0 Å². The van der Waals surface area contributed by atoms with E-state index < -0.39 is 5.91 Å². The third-order valence-corrected chi connectivity index (χ3v) is 6.88. The van der Waals surface area contributed by atoms with Gasteiger partial charge in [0, 0.05) is 37.0 Å². The molecule has 0 aromatic carbocycles. The van der Waals surface area contributed by atoms with Gasteiger partial charge in [-0.25, -0.2) is 9.97 Å². The van der Waals surface area contributed by atoms with Crippen LogP contribution in [0.4, 0.5) is 11.5 Å². The number of hydrogen-bond donors (Lipinski definition) is 2. The largest absolute Gasteiger partial charge is 0.447 e. The summed E-state index contributed by atoms with van der Waals surface area (Å²) in [5.74, 6) is -0.969. The molecule has 10 nitrogen and oxygen atoms in total. The van der Waals surface area contributed by atoms with Crippen LogP contribution in [0.25, 0.3) is 11.1 Å². The van der Waals surface area contributed by atoms with Gasteiger partial charge < -0.3 is 24.7 Å². The lowest BCUT2D eigenvalue weighted by atomic mass is 9.84. The average Bonchev–Trinajstić information content (AvgIpc) is 3.23. The number of nitrogens with one attached hydrogen (secondary N) is 2. The fourth-order valence-electron chi connectivity index (χ4n) is 4.64. The number of fused-ring (bicyclic) bond motifs is 1. The quantitative estimate of drug-likeness (QED) is 0.506. The van der Waals surface area contributed by atoms with Crippen LogP contribution in [0, 0.1) is 5.92 Å². The normalized spacial score (nSPS) is 20.4. The number of aromatic nitrogens is 2. The minimum atomic E-state index is -0.608. The molecule has 3 amide bonds. The Balaban J connectivity index is 1.32. The molecule has 2 fully saturated rings. The van der Waals surface area contributed by atoms with Crippen molar-refractivity contribution in [3.63, 3.8) is 0 Å². The van der Waals surface area contributed by atoms with E-state index in [1.807, 2.05) is 4.90 Å². The number of carbonyl (C=O) groups is 3. The van der Waals surface area contributed by atoms with E-state index in [2.05, 4.69) is 20.6 Å². The molecule has 1 aliphatic carbocycles. The second kappa shape index (κ2) is 10.4. The highest BCUT2D eigenvalue weighted by atomic mass is 35.5. The van der Waals surface area contributed by atoms with Crippen molar-refractivity contribution in [3.05, 3.63) is 46.4 Å². The Labute approximate surface area is 216 Å². The molecule has 2 N–H and O–H groups in total. The summed E-state index contributed by atoms with van der Waals surface area (Å²) in [5, 5.41) is 6.26. The lowest BCUT2D eigenvalue weighted by Crippen LogP contribution is -2.49. The number of hydrogen-bond acceptors (Lipinski definition) is 7. The Kier molecular flexibility index (Phi) is 7.08. The van der Waals surface area contributed by atoms with Crippen molar-refractivity contribution in [1.82, 2.24) is 14.9 Å². The van der Waals surface area contributed by atoms with Crippen LogP contribution in [0.5, 0.6) is 0 Å². The van der Waals surface area contributed by atoms with E-state index in [0.29, 0.717) is 41.6 Å². The lowest BCUT2D eigenvalue weighted by molar-refractivity contribution is -0.146. The Bertz CT molecular complexity index is 1300. The van der Waals surface area contributed by atoms with Crippen LogP contribution in [-0.2, 0) is 14.3 Å². The molecule has 1 saturated carbocycles. The van der Waals surface area contributed by atoms with E-state index in [9.17, 15) is 14.4 Å². The minimum absolute atomic E-state index is 0.00501. The summed E-state index contributed by atoms with van der Waals surface area (Å²) in [6.45, 7) is 1.23.